The number of amides is 1. The lowest BCUT2D eigenvalue weighted by Crippen LogP contribution is -2.40. The van der Waals surface area contributed by atoms with E-state index in [-0.39, 0.29) is 17.4 Å². The van der Waals surface area contributed by atoms with Gasteiger partial charge in [-0.1, -0.05) is 29.8 Å². The van der Waals surface area contributed by atoms with Crippen molar-refractivity contribution in [3.05, 3.63) is 41.2 Å². The van der Waals surface area contributed by atoms with Gasteiger partial charge < -0.3 is 10.0 Å². The molecule has 26 heavy (non-hydrogen) atoms. The molecule has 4 nitrogen and oxygen atoms in total. The summed E-state index contributed by atoms with van der Waals surface area (Å²) in [7, 11) is 0. The molecule has 1 amide bonds. The number of carboxylic acids is 1. The van der Waals surface area contributed by atoms with Gasteiger partial charge >= 0.3 is 5.97 Å². The fourth-order valence-corrected chi connectivity index (χ4v) is 3.09. The highest BCUT2D eigenvalue weighted by molar-refractivity contribution is 9.10. The molecule has 1 heterocycles. The number of benzene rings is 1. The number of piperidine rings is 1. The SMILES string of the molecule is CC.O=C(O)C(Br)C1CCN(C(=O)/C=C/c2cc(F)c(F)c(F)c2)CC1. The maximum Gasteiger partial charge on any atom is 0.317 e. The van der Waals surface area contributed by atoms with Crippen LogP contribution in [0.15, 0.2) is 18.2 Å². The van der Waals surface area contributed by atoms with Crippen molar-refractivity contribution in [1.29, 1.82) is 0 Å². The lowest BCUT2D eigenvalue weighted by molar-refractivity contribution is -0.137. The molecule has 1 fully saturated rings. The second-order valence-corrected chi connectivity index (χ2v) is 6.52. The summed E-state index contributed by atoms with van der Waals surface area (Å²) in [5, 5.41) is 8.96. The van der Waals surface area contributed by atoms with Gasteiger partial charge in [0.25, 0.3) is 0 Å². The number of hydrogen-bond acceptors (Lipinski definition) is 2. The zero-order valence-corrected chi connectivity index (χ0v) is 16.1. The van der Waals surface area contributed by atoms with Crippen molar-refractivity contribution in [2.45, 2.75) is 31.5 Å². The van der Waals surface area contributed by atoms with Crippen LogP contribution in [-0.4, -0.2) is 39.8 Å². The van der Waals surface area contributed by atoms with Gasteiger partial charge in [0, 0.05) is 19.2 Å². The lowest BCUT2D eigenvalue weighted by atomic mass is 9.93. The number of rotatable bonds is 4. The minimum atomic E-state index is -1.55. The van der Waals surface area contributed by atoms with Gasteiger partial charge in [-0.25, -0.2) is 13.2 Å². The van der Waals surface area contributed by atoms with Crippen LogP contribution in [0.25, 0.3) is 6.08 Å². The zero-order valence-electron chi connectivity index (χ0n) is 14.5. The van der Waals surface area contributed by atoms with Gasteiger partial charge in [-0.15, -0.1) is 0 Å². The Morgan fingerprint density at radius 1 is 1.19 bits per heavy atom. The number of hydrogen-bond donors (Lipinski definition) is 1. The van der Waals surface area contributed by atoms with E-state index in [1.165, 1.54) is 11.0 Å². The zero-order chi connectivity index (χ0) is 19.9. The number of alkyl halides is 1. The predicted octanol–water partition coefficient (Wildman–Crippen LogP) is 4.23. The molecule has 1 aromatic carbocycles. The summed E-state index contributed by atoms with van der Waals surface area (Å²) in [6.07, 6.45) is 3.46. The van der Waals surface area contributed by atoms with Crippen molar-refractivity contribution in [3.8, 4) is 0 Å². The Bertz CT molecular complexity index is 651. The number of carbonyl (C=O) groups excluding carboxylic acids is 1. The molecule has 0 bridgehead atoms. The van der Waals surface area contributed by atoms with Crippen LogP contribution in [0.2, 0.25) is 0 Å². The molecule has 0 spiro atoms. The van der Waals surface area contributed by atoms with Crippen molar-refractivity contribution >= 4 is 33.9 Å². The van der Waals surface area contributed by atoms with Crippen LogP contribution in [0.4, 0.5) is 13.2 Å². The smallest absolute Gasteiger partial charge is 0.317 e. The average molecular weight is 436 g/mol. The average Bonchev–Trinajstić information content (AvgIpc) is 2.65. The molecule has 2 rings (SSSR count). The molecule has 1 aliphatic rings. The van der Waals surface area contributed by atoms with Crippen LogP contribution in [-0.2, 0) is 9.59 Å². The first kappa shape index (κ1) is 22.2. The van der Waals surface area contributed by atoms with Gasteiger partial charge in [0.1, 0.15) is 4.83 Å². The second kappa shape index (κ2) is 10.4. The molecule has 1 aliphatic heterocycles. The first-order valence-electron chi connectivity index (χ1n) is 8.28. The molecule has 0 saturated carbocycles. The Labute approximate surface area is 158 Å². The Kier molecular flexibility index (Phi) is 8.84. The summed E-state index contributed by atoms with van der Waals surface area (Å²) < 4.78 is 39.1. The predicted molar refractivity (Wildman–Crippen MR) is 96.4 cm³/mol. The van der Waals surface area contributed by atoms with Crippen LogP contribution >= 0.6 is 15.9 Å². The van der Waals surface area contributed by atoms with E-state index >= 15 is 0 Å². The third kappa shape index (κ3) is 5.86. The first-order chi connectivity index (χ1) is 12.3. The summed E-state index contributed by atoms with van der Waals surface area (Å²) in [4.78, 5) is 23.9. The normalized spacial score (nSPS) is 16.2. The maximum atomic E-state index is 13.1. The Morgan fingerprint density at radius 3 is 2.15 bits per heavy atom. The lowest BCUT2D eigenvalue weighted by Gasteiger charge is -2.32. The molecule has 1 aromatic rings. The molecule has 1 saturated heterocycles. The van der Waals surface area contributed by atoms with Crippen molar-refractivity contribution in [3.63, 3.8) is 0 Å². The number of likely N-dealkylation sites (tertiary alicyclic amines) is 1. The topological polar surface area (TPSA) is 57.6 Å². The summed E-state index contributed by atoms with van der Waals surface area (Å²) >= 11 is 3.12. The molecule has 1 N–H and O–H groups in total. The molecule has 144 valence electrons. The molecule has 1 unspecified atom stereocenters. The minimum Gasteiger partial charge on any atom is -0.480 e. The van der Waals surface area contributed by atoms with E-state index in [4.69, 9.17) is 5.11 Å². The summed E-state index contributed by atoms with van der Waals surface area (Å²) in [5.41, 5.74) is 0.0426. The van der Waals surface area contributed by atoms with Crippen LogP contribution in [0.1, 0.15) is 32.3 Å². The fraction of sp³-hybridized carbons (Fsp3) is 0.444. The Balaban J connectivity index is 0.00000163. The van der Waals surface area contributed by atoms with E-state index in [2.05, 4.69) is 15.9 Å². The third-order valence-corrected chi connectivity index (χ3v) is 5.06. The number of carboxylic acid groups (broad SMARTS) is 1. The van der Waals surface area contributed by atoms with Gasteiger partial charge in [-0.3, -0.25) is 9.59 Å². The molecular weight excluding hydrogens is 415 g/mol. The van der Waals surface area contributed by atoms with Crippen LogP contribution in [0.5, 0.6) is 0 Å². The van der Waals surface area contributed by atoms with Crippen molar-refractivity contribution in [2.75, 3.05) is 13.1 Å². The number of aliphatic carboxylic acids is 1. The summed E-state index contributed by atoms with van der Waals surface area (Å²) in [6.45, 7) is 4.80. The fourth-order valence-electron chi connectivity index (χ4n) is 2.56. The van der Waals surface area contributed by atoms with E-state index in [0.717, 1.165) is 18.2 Å². The maximum absolute atomic E-state index is 13.1. The van der Waals surface area contributed by atoms with E-state index in [9.17, 15) is 22.8 Å². The van der Waals surface area contributed by atoms with Gasteiger partial charge in [-0.05, 0) is 42.5 Å². The number of halogens is 4. The molecular formula is C18H21BrF3NO3. The van der Waals surface area contributed by atoms with E-state index in [1.54, 1.807) is 0 Å². The van der Waals surface area contributed by atoms with Gasteiger partial charge in [0.05, 0.1) is 0 Å². The first-order valence-corrected chi connectivity index (χ1v) is 9.19. The van der Waals surface area contributed by atoms with E-state index in [0.29, 0.717) is 25.9 Å². The highest BCUT2D eigenvalue weighted by Crippen LogP contribution is 2.26. The van der Waals surface area contributed by atoms with Gasteiger partial charge in [0.15, 0.2) is 17.5 Å². The van der Waals surface area contributed by atoms with Crippen molar-refractivity contribution in [2.24, 2.45) is 5.92 Å². The summed E-state index contributed by atoms with van der Waals surface area (Å²) in [6, 6.07) is 1.60. The monoisotopic (exact) mass is 435 g/mol. The molecule has 0 aromatic heterocycles. The van der Waals surface area contributed by atoms with Crippen molar-refractivity contribution < 1.29 is 27.9 Å². The quantitative estimate of drug-likeness (QED) is 0.437. The third-order valence-electron chi connectivity index (χ3n) is 3.93. The summed E-state index contributed by atoms with van der Waals surface area (Å²) in [5.74, 6) is -5.53. The number of carbonyl (C=O) groups is 2. The molecule has 0 radical (unpaired) electrons. The largest absolute Gasteiger partial charge is 0.480 e. The highest BCUT2D eigenvalue weighted by atomic mass is 79.9. The number of nitrogens with zero attached hydrogens (tertiary/aromatic N) is 1. The highest BCUT2D eigenvalue weighted by Gasteiger charge is 2.30. The van der Waals surface area contributed by atoms with Gasteiger partial charge in [0.2, 0.25) is 5.91 Å². The van der Waals surface area contributed by atoms with Crippen molar-refractivity contribution in [1.82, 2.24) is 4.90 Å². The molecule has 1 atom stereocenters. The standard InChI is InChI=1S/C16H15BrF3NO3.C2H6/c17-14(16(23)24)10-3-5-21(6-4-10)13(22)2-1-9-7-11(18)15(20)12(19)8-9;1-2/h1-2,7-8,10,14H,3-6H2,(H,23,24);1-2H3/b2-1+;. The molecule has 8 heteroatoms. The Morgan fingerprint density at radius 2 is 1.69 bits per heavy atom. The molecule has 0 aliphatic carbocycles. The van der Waals surface area contributed by atoms with Gasteiger partial charge in [-0.2, -0.15) is 0 Å². The van der Waals surface area contributed by atoms with E-state index < -0.39 is 28.2 Å². The Hall–Kier alpha value is -1.83. The van der Waals surface area contributed by atoms with E-state index in [1.807, 2.05) is 13.8 Å². The van der Waals surface area contributed by atoms with Crippen LogP contribution in [0.3, 0.4) is 0 Å². The minimum absolute atomic E-state index is 0.0426. The van der Waals surface area contributed by atoms with Crippen LogP contribution < -0.4 is 0 Å². The second-order valence-electron chi connectivity index (χ2n) is 5.53. The van der Waals surface area contributed by atoms with Crippen LogP contribution in [0, 0.1) is 23.4 Å².